The highest BCUT2D eigenvalue weighted by Gasteiger charge is 2.47. The Morgan fingerprint density at radius 3 is 2.27 bits per heavy atom. The van der Waals surface area contributed by atoms with Crippen LogP contribution >= 0.6 is 0 Å². The standard InChI is InChI=1S/C40H26BN3/c1-40(2)28-15-6-9-21-34(28)44-36-23-24(25-12-4-7-19-32(25)42-3)22-35-37(36)41(31-18-11-16-29(40)39(31)44)30-17-10-14-27-26-13-5-8-20-33(26)43(35)38(27)30/h4-23H,1-2H3. The summed E-state index contributed by atoms with van der Waals surface area (Å²) in [6, 6.07) is 44.2. The van der Waals surface area contributed by atoms with Crippen molar-refractivity contribution < 1.29 is 0 Å². The molecule has 0 aliphatic carbocycles. The predicted octanol–water partition coefficient (Wildman–Crippen LogP) is 8.25. The SMILES string of the molecule is [C-]#[N+]c1ccccc1-c1cc2c3c(c1)-n1c4ccccc4c4cccc(c41)B3c1cccc3c1N2c1ccccc1C3(C)C. The number of hydrogen-bond acceptors (Lipinski definition) is 1. The molecule has 3 aliphatic heterocycles. The third-order valence-corrected chi connectivity index (χ3v) is 10.4. The van der Waals surface area contributed by atoms with Crippen LogP contribution in [0.5, 0.6) is 0 Å². The number of para-hydroxylation sites is 5. The van der Waals surface area contributed by atoms with E-state index in [1.54, 1.807) is 0 Å². The van der Waals surface area contributed by atoms with Crippen LogP contribution in [-0.4, -0.2) is 11.3 Å². The second-order valence-corrected chi connectivity index (χ2v) is 12.8. The summed E-state index contributed by atoms with van der Waals surface area (Å²) in [5.41, 5.74) is 16.7. The molecule has 4 heteroatoms. The highest BCUT2D eigenvalue weighted by molar-refractivity contribution is 7.00. The van der Waals surface area contributed by atoms with Gasteiger partial charge in [0.15, 0.2) is 5.69 Å². The van der Waals surface area contributed by atoms with Gasteiger partial charge in [-0.05, 0) is 62.9 Å². The van der Waals surface area contributed by atoms with Gasteiger partial charge in [-0.15, -0.1) is 0 Å². The van der Waals surface area contributed by atoms with Gasteiger partial charge in [-0.25, -0.2) is 4.85 Å². The first-order chi connectivity index (χ1) is 21.6. The molecule has 0 saturated heterocycles. The first-order valence-electron chi connectivity index (χ1n) is 15.3. The molecule has 7 aromatic rings. The maximum absolute atomic E-state index is 8.00. The Morgan fingerprint density at radius 2 is 1.36 bits per heavy atom. The lowest BCUT2D eigenvalue weighted by atomic mass is 9.33. The molecule has 3 nitrogen and oxygen atoms in total. The van der Waals surface area contributed by atoms with Gasteiger partial charge in [0.1, 0.15) is 0 Å². The van der Waals surface area contributed by atoms with Crippen molar-refractivity contribution in [1.29, 1.82) is 0 Å². The minimum Gasteiger partial charge on any atom is -0.311 e. The van der Waals surface area contributed by atoms with Gasteiger partial charge in [-0.1, -0.05) is 111 Å². The first kappa shape index (κ1) is 24.0. The number of aromatic nitrogens is 1. The predicted molar refractivity (Wildman–Crippen MR) is 184 cm³/mol. The minimum absolute atomic E-state index is 0.0953. The molecule has 0 spiro atoms. The Balaban J connectivity index is 1.44. The van der Waals surface area contributed by atoms with E-state index in [4.69, 9.17) is 6.57 Å². The largest absolute Gasteiger partial charge is 0.311 e. The molecular weight excluding hydrogens is 533 g/mol. The van der Waals surface area contributed by atoms with Gasteiger partial charge in [0.25, 0.3) is 6.71 Å². The Morgan fingerprint density at radius 1 is 0.659 bits per heavy atom. The number of hydrogen-bond donors (Lipinski definition) is 0. The Labute approximate surface area is 256 Å². The highest BCUT2D eigenvalue weighted by Crippen LogP contribution is 2.53. The van der Waals surface area contributed by atoms with Crippen LogP contribution in [0.2, 0.25) is 0 Å². The van der Waals surface area contributed by atoms with E-state index >= 15 is 0 Å². The van der Waals surface area contributed by atoms with Crippen LogP contribution in [0.25, 0.3) is 43.5 Å². The van der Waals surface area contributed by atoms with Gasteiger partial charge >= 0.3 is 0 Å². The fraction of sp³-hybridized carbons (Fsp3) is 0.0750. The van der Waals surface area contributed by atoms with Crippen molar-refractivity contribution in [3.63, 3.8) is 0 Å². The third kappa shape index (κ3) is 2.74. The Kier molecular flexibility index (Phi) is 4.41. The maximum Gasteiger partial charge on any atom is 0.252 e. The smallest absolute Gasteiger partial charge is 0.252 e. The molecule has 0 bridgehead atoms. The Bertz CT molecular complexity index is 2460. The zero-order valence-electron chi connectivity index (χ0n) is 24.5. The Hall–Kier alpha value is -5.53. The van der Waals surface area contributed by atoms with Gasteiger partial charge < -0.3 is 9.47 Å². The van der Waals surface area contributed by atoms with Crippen molar-refractivity contribution in [3.8, 4) is 16.8 Å². The van der Waals surface area contributed by atoms with E-state index in [9.17, 15) is 0 Å². The first-order valence-corrected chi connectivity index (χ1v) is 15.3. The average Bonchev–Trinajstić information content (AvgIpc) is 3.41. The summed E-state index contributed by atoms with van der Waals surface area (Å²) in [6.07, 6.45) is 0. The number of rotatable bonds is 1. The van der Waals surface area contributed by atoms with E-state index in [0.29, 0.717) is 5.69 Å². The molecule has 10 rings (SSSR count). The fourth-order valence-corrected chi connectivity index (χ4v) is 8.53. The molecule has 0 atom stereocenters. The molecule has 0 radical (unpaired) electrons. The molecule has 3 aliphatic rings. The lowest BCUT2D eigenvalue weighted by Crippen LogP contribution is -2.61. The third-order valence-electron chi connectivity index (χ3n) is 10.4. The molecule has 0 amide bonds. The van der Waals surface area contributed by atoms with E-state index < -0.39 is 0 Å². The zero-order valence-corrected chi connectivity index (χ0v) is 24.5. The van der Waals surface area contributed by atoms with Crippen molar-refractivity contribution in [3.05, 3.63) is 144 Å². The van der Waals surface area contributed by atoms with Gasteiger partial charge in [-0.2, -0.15) is 0 Å². The van der Waals surface area contributed by atoms with Gasteiger partial charge in [0.05, 0.1) is 17.8 Å². The van der Waals surface area contributed by atoms with Crippen LogP contribution in [0.3, 0.4) is 0 Å². The monoisotopic (exact) mass is 559 g/mol. The molecule has 6 aromatic carbocycles. The van der Waals surface area contributed by atoms with E-state index in [2.05, 4.69) is 131 Å². The van der Waals surface area contributed by atoms with Crippen LogP contribution < -0.4 is 21.3 Å². The summed E-state index contributed by atoms with van der Waals surface area (Å²) in [6.45, 7) is 12.8. The van der Waals surface area contributed by atoms with Crippen LogP contribution in [0, 0.1) is 6.57 Å². The summed E-state index contributed by atoms with van der Waals surface area (Å²) in [4.78, 5) is 6.47. The van der Waals surface area contributed by atoms with Crippen molar-refractivity contribution in [2.45, 2.75) is 19.3 Å². The summed E-state index contributed by atoms with van der Waals surface area (Å²) >= 11 is 0. The van der Waals surface area contributed by atoms with Crippen molar-refractivity contribution in [2.75, 3.05) is 4.90 Å². The number of nitrogens with zero attached hydrogens (tertiary/aromatic N) is 3. The quantitative estimate of drug-likeness (QED) is 0.146. The fourth-order valence-electron chi connectivity index (χ4n) is 8.53. The zero-order chi connectivity index (χ0) is 29.3. The molecule has 1 aromatic heterocycles. The van der Waals surface area contributed by atoms with E-state index in [-0.39, 0.29) is 12.1 Å². The summed E-state index contributed by atoms with van der Waals surface area (Å²) < 4.78 is 2.49. The van der Waals surface area contributed by atoms with Gasteiger partial charge in [-0.3, -0.25) is 0 Å². The topological polar surface area (TPSA) is 12.5 Å². The average molecular weight is 559 g/mol. The van der Waals surface area contributed by atoms with Gasteiger partial charge in [0, 0.05) is 38.8 Å². The molecule has 4 heterocycles. The van der Waals surface area contributed by atoms with Crippen molar-refractivity contribution >= 4 is 67.7 Å². The lowest BCUT2D eigenvalue weighted by Gasteiger charge is -2.48. The molecule has 0 unspecified atom stereocenters. The number of anilines is 3. The van der Waals surface area contributed by atoms with E-state index in [1.165, 1.54) is 72.1 Å². The van der Waals surface area contributed by atoms with Crippen LogP contribution in [-0.2, 0) is 5.41 Å². The van der Waals surface area contributed by atoms with E-state index in [0.717, 1.165) is 11.1 Å². The second-order valence-electron chi connectivity index (χ2n) is 12.8. The minimum atomic E-state index is -0.150. The maximum atomic E-state index is 8.00. The molecule has 0 saturated carbocycles. The van der Waals surface area contributed by atoms with Crippen molar-refractivity contribution in [2.24, 2.45) is 0 Å². The lowest BCUT2D eigenvalue weighted by molar-refractivity contribution is 0.632. The van der Waals surface area contributed by atoms with Gasteiger partial charge in [0.2, 0.25) is 0 Å². The molecule has 44 heavy (non-hydrogen) atoms. The molecular formula is C40H26BN3. The summed E-state index contributed by atoms with van der Waals surface area (Å²) in [7, 11) is 0. The van der Waals surface area contributed by atoms with E-state index in [1.807, 2.05) is 18.2 Å². The second kappa shape index (κ2) is 8.10. The molecule has 204 valence electrons. The normalized spacial score (nSPS) is 14.7. The summed E-state index contributed by atoms with van der Waals surface area (Å²) in [5, 5.41) is 2.56. The highest BCUT2D eigenvalue weighted by atomic mass is 15.2. The number of fused-ring (bicyclic) bond motifs is 9. The molecule has 0 N–H and O–H groups in total. The van der Waals surface area contributed by atoms with Crippen molar-refractivity contribution in [1.82, 2.24) is 4.57 Å². The van der Waals surface area contributed by atoms with Crippen LogP contribution in [0.15, 0.2) is 121 Å². The number of benzene rings is 6. The van der Waals surface area contributed by atoms with Crippen LogP contribution in [0.1, 0.15) is 25.0 Å². The van der Waals surface area contributed by atoms with Crippen LogP contribution in [0.4, 0.5) is 22.7 Å². The molecule has 0 fully saturated rings. The summed E-state index contributed by atoms with van der Waals surface area (Å²) in [5.74, 6) is 0.